The van der Waals surface area contributed by atoms with Crippen LogP contribution >= 0.6 is 22.6 Å². The number of carbonyl (C=O) groups excluding carboxylic acids is 1. The maximum Gasteiger partial charge on any atom is 0.329 e. The number of carbonyl (C=O) groups is 2. The number of hydrogen-bond donors (Lipinski definition) is 1. The number of benzene rings is 1. The van der Waals surface area contributed by atoms with Gasteiger partial charge in [-0.05, 0) is 54.0 Å². The lowest BCUT2D eigenvalue weighted by Crippen LogP contribution is -2.53. The normalized spacial score (nSPS) is 22.0. The summed E-state index contributed by atoms with van der Waals surface area (Å²) in [5, 5.41) is 9.63. The first kappa shape index (κ1) is 15.3. The summed E-state index contributed by atoms with van der Waals surface area (Å²) in [6, 6.07) is 7.32. The van der Waals surface area contributed by atoms with Crippen molar-refractivity contribution in [2.45, 2.75) is 38.1 Å². The van der Waals surface area contributed by atoms with Gasteiger partial charge in [-0.1, -0.05) is 25.5 Å². The molecule has 1 fully saturated rings. The highest BCUT2D eigenvalue weighted by atomic mass is 127. The van der Waals surface area contributed by atoms with Gasteiger partial charge in [-0.3, -0.25) is 4.79 Å². The molecule has 4 nitrogen and oxygen atoms in total. The standard InChI is InChI=1S/C15H18INO3/c1-2-8-15(14(19)20)9-5-10-17(15)13(18)11-6-3-4-7-12(11)16/h3-4,6-7H,2,5,8-10H2,1H3,(H,19,20). The second-order valence-corrected chi connectivity index (χ2v) is 6.29. The summed E-state index contributed by atoms with van der Waals surface area (Å²) in [4.78, 5) is 26.0. The SMILES string of the molecule is CCCC1(C(=O)O)CCCN1C(=O)c1ccccc1I. The van der Waals surface area contributed by atoms with Crippen LogP contribution < -0.4 is 0 Å². The van der Waals surface area contributed by atoms with Crippen LogP contribution in [-0.4, -0.2) is 34.0 Å². The number of rotatable bonds is 4. The number of carboxylic acids is 1. The number of aliphatic carboxylic acids is 1. The van der Waals surface area contributed by atoms with Crippen molar-refractivity contribution >= 4 is 34.5 Å². The molecule has 2 rings (SSSR count). The van der Waals surface area contributed by atoms with E-state index in [1.165, 1.54) is 0 Å². The summed E-state index contributed by atoms with van der Waals surface area (Å²) in [6.45, 7) is 2.48. The Hall–Kier alpha value is -1.11. The number of hydrogen-bond acceptors (Lipinski definition) is 2. The Morgan fingerprint density at radius 3 is 2.70 bits per heavy atom. The number of carboxylic acid groups (broad SMARTS) is 1. The van der Waals surface area contributed by atoms with E-state index in [0.29, 0.717) is 24.9 Å². The van der Waals surface area contributed by atoms with Gasteiger partial charge in [0.05, 0.1) is 5.56 Å². The van der Waals surface area contributed by atoms with Gasteiger partial charge in [0, 0.05) is 10.1 Å². The highest BCUT2D eigenvalue weighted by Crippen LogP contribution is 2.35. The molecular weight excluding hydrogens is 369 g/mol. The fourth-order valence-corrected chi connectivity index (χ4v) is 3.58. The molecule has 0 spiro atoms. The number of nitrogens with zero attached hydrogens (tertiary/aromatic N) is 1. The first-order chi connectivity index (χ1) is 9.53. The zero-order valence-electron chi connectivity index (χ0n) is 11.4. The Morgan fingerprint density at radius 1 is 1.40 bits per heavy atom. The van der Waals surface area contributed by atoms with Crippen LogP contribution in [0.25, 0.3) is 0 Å². The Balaban J connectivity index is 2.38. The van der Waals surface area contributed by atoms with Crippen molar-refractivity contribution in [2.24, 2.45) is 0 Å². The van der Waals surface area contributed by atoms with Gasteiger partial charge in [0.15, 0.2) is 0 Å². The lowest BCUT2D eigenvalue weighted by atomic mass is 9.90. The van der Waals surface area contributed by atoms with Crippen molar-refractivity contribution in [3.63, 3.8) is 0 Å². The second kappa shape index (κ2) is 6.11. The van der Waals surface area contributed by atoms with E-state index in [1.54, 1.807) is 11.0 Å². The fraction of sp³-hybridized carbons (Fsp3) is 0.467. The van der Waals surface area contributed by atoms with Crippen molar-refractivity contribution in [2.75, 3.05) is 6.54 Å². The molecule has 1 aromatic carbocycles. The van der Waals surface area contributed by atoms with Gasteiger partial charge in [0.1, 0.15) is 5.54 Å². The summed E-state index contributed by atoms with van der Waals surface area (Å²) in [7, 11) is 0. The molecule has 1 atom stereocenters. The molecule has 1 unspecified atom stereocenters. The highest BCUT2D eigenvalue weighted by molar-refractivity contribution is 14.1. The van der Waals surface area contributed by atoms with Crippen LogP contribution in [0, 0.1) is 3.57 Å². The van der Waals surface area contributed by atoms with Gasteiger partial charge in [-0.15, -0.1) is 0 Å². The molecule has 5 heteroatoms. The third kappa shape index (κ3) is 2.55. The van der Waals surface area contributed by atoms with Crippen molar-refractivity contribution < 1.29 is 14.7 Å². The maximum absolute atomic E-state index is 12.7. The Morgan fingerprint density at radius 2 is 2.10 bits per heavy atom. The van der Waals surface area contributed by atoms with Crippen molar-refractivity contribution in [1.82, 2.24) is 4.90 Å². The fourth-order valence-electron chi connectivity index (χ4n) is 2.96. The van der Waals surface area contributed by atoms with Crippen molar-refractivity contribution in [1.29, 1.82) is 0 Å². The molecule has 0 aromatic heterocycles. The summed E-state index contributed by atoms with van der Waals surface area (Å²) in [5.74, 6) is -1.04. The van der Waals surface area contributed by atoms with Crippen LogP contribution in [0.1, 0.15) is 43.0 Å². The van der Waals surface area contributed by atoms with Crippen molar-refractivity contribution in [3.8, 4) is 0 Å². The van der Waals surface area contributed by atoms with E-state index in [2.05, 4.69) is 22.6 Å². The molecule has 1 aliphatic rings. The average molecular weight is 387 g/mol. The second-order valence-electron chi connectivity index (χ2n) is 5.13. The summed E-state index contributed by atoms with van der Waals surface area (Å²) < 4.78 is 0.859. The third-order valence-electron chi connectivity index (χ3n) is 3.90. The van der Waals surface area contributed by atoms with Gasteiger partial charge < -0.3 is 10.0 Å². The molecule has 0 bridgehead atoms. The van der Waals surface area contributed by atoms with E-state index in [9.17, 15) is 14.7 Å². The molecule has 1 heterocycles. The number of halogens is 1. The van der Waals surface area contributed by atoms with Gasteiger partial charge in [-0.2, -0.15) is 0 Å². The van der Waals surface area contributed by atoms with E-state index in [1.807, 2.05) is 25.1 Å². The maximum atomic E-state index is 12.7. The first-order valence-corrected chi connectivity index (χ1v) is 7.90. The van der Waals surface area contributed by atoms with Crippen LogP contribution in [0.5, 0.6) is 0 Å². The molecule has 0 aliphatic carbocycles. The predicted molar refractivity (Wildman–Crippen MR) is 84.7 cm³/mol. The van der Waals surface area contributed by atoms with E-state index in [4.69, 9.17) is 0 Å². The van der Waals surface area contributed by atoms with Crippen molar-refractivity contribution in [3.05, 3.63) is 33.4 Å². The zero-order chi connectivity index (χ0) is 14.8. The molecule has 108 valence electrons. The number of amides is 1. The van der Waals surface area contributed by atoms with Crippen LogP contribution in [0.4, 0.5) is 0 Å². The molecule has 1 aromatic rings. The molecule has 0 radical (unpaired) electrons. The van der Waals surface area contributed by atoms with E-state index in [-0.39, 0.29) is 5.91 Å². The quantitative estimate of drug-likeness (QED) is 0.808. The molecule has 1 saturated heterocycles. The molecule has 1 amide bonds. The monoisotopic (exact) mass is 387 g/mol. The summed E-state index contributed by atoms with van der Waals surface area (Å²) >= 11 is 2.12. The average Bonchev–Trinajstić information content (AvgIpc) is 2.84. The van der Waals surface area contributed by atoms with E-state index in [0.717, 1.165) is 16.4 Å². The first-order valence-electron chi connectivity index (χ1n) is 6.83. The zero-order valence-corrected chi connectivity index (χ0v) is 13.6. The largest absolute Gasteiger partial charge is 0.479 e. The lowest BCUT2D eigenvalue weighted by Gasteiger charge is -2.35. The molecule has 0 saturated carbocycles. The molecule has 1 aliphatic heterocycles. The van der Waals surface area contributed by atoms with E-state index < -0.39 is 11.5 Å². The molecular formula is C15H18INO3. The Kier molecular flexibility index (Phi) is 4.67. The van der Waals surface area contributed by atoms with Crippen LogP contribution in [0.15, 0.2) is 24.3 Å². The van der Waals surface area contributed by atoms with Gasteiger partial charge in [-0.25, -0.2) is 4.79 Å². The minimum atomic E-state index is -1.02. The summed E-state index contributed by atoms with van der Waals surface area (Å²) in [6.07, 6.45) is 2.56. The van der Waals surface area contributed by atoms with Gasteiger partial charge >= 0.3 is 5.97 Å². The van der Waals surface area contributed by atoms with Gasteiger partial charge in [0.2, 0.25) is 0 Å². The minimum Gasteiger partial charge on any atom is -0.479 e. The third-order valence-corrected chi connectivity index (χ3v) is 4.84. The Bertz CT molecular complexity index is 532. The Labute approximate surface area is 132 Å². The van der Waals surface area contributed by atoms with Crippen LogP contribution in [0.3, 0.4) is 0 Å². The summed E-state index contributed by atoms with van der Waals surface area (Å²) in [5.41, 5.74) is -0.429. The minimum absolute atomic E-state index is 0.164. The lowest BCUT2D eigenvalue weighted by molar-refractivity contribution is -0.148. The van der Waals surface area contributed by atoms with Gasteiger partial charge in [0.25, 0.3) is 5.91 Å². The highest BCUT2D eigenvalue weighted by Gasteiger charge is 2.49. The van der Waals surface area contributed by atoms with E-state index >= 15 is 0 Å². The number of likely N-dealkylation sites (tertiary alicyclic amines) is 1. The van der Waals surface area contributed by atoms with Crippen LogP contribution in [-0.2, 0) is 4.79 Å². The molecule has 20 heavy (non-hydrogen) atoms. The smallest absolute Gasteiger partial charge is 0.329 e. The molecule has 1 N–H and O–H groups in total. The van der Waals surface area contributed by atoms with Crippen LogP contribution in [0.2, 0.25) is 0 Å². The topological polar surface area (TPSA) is 57.6 Å². The predicted octanol–water partition coefficient (Wildman–Crippen LogP) is 3.15.